The SMILES string of the molecule is CCNC(c1ccc(Br)s1)c1c(F)cccc1Br. The predicted octanol–water partition coefficient (Wildman–Crippen LogP) is 5.11. The molecule has 0 aliphatic rings. The molecule has 96 valence electrons. The molecule has 0 amide bonds. The van der Waals surface area contributed by atoms with Gasteiger partial charge in [-0.3, -0.25) is 0 Å². The van der Waals surface area contributed by atoms with Crippen molar-refractivity contribution in [2.75, 3.05) is 6.54 Å². The summed E-state index contributed by atoms with van der Waals surface area (Å²) < 4.78 is 15.9. The van der Waals surface area contributed by atoms with Crippen LogP contribution in [-0.2, 0) is 0 Å². The van der Waals surface area contributed by atoms with Crippen molar-refractivity contribution in [3.8, 4) is 0 Å². The van der Waals surface area contributed by atoms with Crippen molar-refractivity contribution in [1.29, 1.82) is 0 Å². The van der Waals surface area contributed by atoms with E-state index >= 15 is 0 Å². The van der Waals surface area contributed by atoms with Gasteiger partial charge in [0.25, 0.3) is 0 Å². The number of rotatable bonds is 4. The zero-order valence-electron chi connectivity index (χ0n) is 9.71. The average Bonchev–Trinajstić information content (AvgIpc) is 2.74. The fourth-order valence-electron chi connectivity index (χ4n) is 1.82. The van der Waals surface area contributed by atoms with Gasteiger partial charge in [-0.05, 0) is 46.7 Å². The van der Waals surface area contributed by atoms with Crippen LogP contribution >= 0.6 is 43.2 Å². The summed E-state index contributed by atoms with van der Waals surface area (Å²) in [6.45, 7) is 2.80. The first-order chi connectivity index (χ1) is 8.63. The normalized spacial score (nSPS) is 12.7. The second kappa shape index (κ2) is 6.28. The molecule has 18 heavy (non-hydrogen) atoms. The molecule has 1 unspecified atom stereocenters. The highest BCUT2D eigenvalue weighted by atomic mass is 79.9. The molecule has 0 saturated carbocycles. The van der Waals surface area contributed by atoms with Crippen molar-refractivity contribution in [3.05, 3.63) is 54.8 Å². The highest BCUT2D eigenvalue weighted by Crippen LogP contribution is 2.35. The summed E-state index contributed by atoms with van der Waals surface area (Å²) in [5.41, 5.74) is 0.661. The van der Waals surface area contributed by atoms with Crippen LogP contribution in [0, 0.1) is 5.82 Å². The second-order valence-electron chi connectivity index (χ2n) is 3.77. The van der Waals surface area contributed by atoms with Crippen LogP contribution in [0.2, 0.25) is 0 Å². The maximum absolute atomic E-state index is 14.0. The summed E-state index contributed by atoms with van der Waals surface area (Å²) in [4.78, 5) is 1.09. The third kappa shape index (κ3) is 3.02. The third-order valence-electron chi connectivity index (χ3n) is 2.58. The van der Waals surface area contributed by atoms with E-state index in [4.69, 9.17) is 0 Å². The monoisotopic (exact) mass is 391 g/mol. The number of hydrogen-bond acceptors (Lipinski definition) is 2. The first kappa shape index (κ1) is 14.2. The molecule has 1 atom stereocenters. The zero-order valence-corrected chi connectivity index (χ0v) is 13.7. The summed E-state index contributed by atoms with van der Waals surface area (Å²) in [5, 5.41) is 3.33. The van der Waals surface area contributed by atoms with Gasteiger partial charge in [0.1, 0.15) is 5.82 Å². The molecule has 5 heteroatoms. The van der Waals surface area contributed by atoms with Crippen molar-refractivity contribution in [2.45, 2.75) is 13.0 Å². The topological polar surface area (TPSA) is 12.0 Å². The van der Waals surface area contributed by atoms with Gasteiger partial charge in [-0.1, -0.05) is 28.9 Å². The van der Waals surface area contributed by atoms with Gasteiger partial charge in [-0.15, -0.1) is 11.3 Å². The Bertz CT molecular complexity index is 521. The van der Waals surface area contributed by atoms with E-state index in [1.165, 1.54) is 6.07 Å². The van der Waals surface area contributed by atoms with E-state index in [0.29, 0.717) is 5.56 Å². The molecule has 2 aromatic rings. The molecule has 0 bridgehead atoms. The zero-order chi connectivity index (χ0) is 13.1. The van der Waals surface area contributed by atoms with E-state index in [2.05, 4.69) is 37.2 Å². The van der Waals surface area contributed by atoms with Crippen LogP contribution in [0.15, 0.2) is 38.6 Å². The molecule has 0 aliphatic heterocycles. The number of benzene rings is 1. The lowest BCUT2D eigenvalue weighted by atomic mass is 10.0. The van der Waals surface area contributed by atoms with Crippen LogP contribution in [0.4, 0.5) is 4.39 Å². The summed E-state index contributed by atoms with van der Waals surface area (Å²) >= 11 is 8.50. The summed E-state index contributed by atoms with van der Waals surface area (Å²) in [7, 11) is 0. The fourth-order valence-corrected chi connectivity index (χ4v) is 3.90. The van der Waals surface area contributed by atoms with Gasteiger partial charge in [0.15, 0.2) is 0 Å². The lowest BCUT2D eigenvalue weighted by Crippen LogP contribution is -2.22. The Balaban J connectivity index is 2.47. The highest BCUT2D eigenvalue weighted by molar-refractivity contribution is 9.11. The maximum Gasteiger partial charge on any atom is 0.129 e. The highest BCUT2D eigenvalue weighted by Gasteiger charge is 2.21. The predicted molar refractivity (Wildman–Crippen MR) is 81.6 cm³/mol. The first-order valence-electron chi connectivity index (χ1n) is 5.56. The largest absolute Gasteiger partial charge is 0.306 e. The second-order valence-corrected chi connectivity index (χ2v) is 7.12. The van der Waals surface area contributed by atoms with Crippen LogP contribution in [0.1, 0.15) is 23.4 Å². The Hall–Kier alpha value is -0.230. The van der Waals surface area contributed by atoms with Crippen LogP contribution in [-0.4, -0.2) is 6.54 Å². The van der Waals surface area contributed by atoms with Crippen LogP contribution in [0.3, 0.4) is 0 Å². The van der Waals surface area contributed by atoms with Crippen molar-refractivity contribution in [3.63, 3.8) is 0 Å². The van der Waals surface area contributed by atoms with Crippen LogP contribution in [0.5, 0.6) is 0 Å². The molecular formula is C13H12Br2FNS. The minimum Gasteiger partial charge on any atom is -0.306 e. The van der Waals surface area contributed by atoms with Crippen molar-refractivity contribution in [1.82, 2.24) is 5.32 Å². The van der Waals surface area contributed by atoms with Crippen molar-refractivity contribution < 1.29 is 4.39 Å². The van der Waals surface area contributed by atoms with Gasteiger partial charge in [0.2, 0.25) is 0 Å². The molecule has 0 saturated heterocycles. The molecule has 0 radical (unpaired) electrons. The summed E-state index contributed by atoms with van der Waals surface area (Å²) in [5.74, 6) is -0.195. The molecule has 1 N–H and O–H groups in total. The molecule has 0 fully saturated rings. The Morgan fingerprint density at radius 2 is 2.06 bits per heavy atom. The Kier molecular flexibility index (Phi) is 4.95. The summed E-state index contributed by atoms with van der Waals surface area (Å²) in [6, 6.07) is 8.94. The first-order valence-corrected chi connectivity index (χ1v) is 7.96. The molecule has 1 aromatic carbocycles. The van der Waals surface area contributed by atoms with E-state index in [0.717, 1.165) is 19.7 Å². The van der Waals surface area contributed by atoms with Gasteiger partial charge in [0, 0.05) is 14.9 Å². The van der Waals surface area contributed by atoms with Gasteiger partial charge >= 0.3 is 0 Å². The number of nitrogens with one attached hydrogen (secondary N) is 1. The van der Waals surface area contributed by atoms with Crippen LogP contribution < -0.4 is 5.32 Å². The Morgan fingerprint density at radius 3 is 2.61 bits per heavy atom. The molecule has 2 rings (SSSR count). The van der Waals surface area contributed by atoms with Gasteiger partial charge in [-0.25, -0.2) is 4.39 Å². The minimum atomic E-state index is -0.195. The lowest BCUT2D eigenvalue weighted by Gasteiger charge is -2.19. The van der Waals surface area contributed by atoms with Gasteiger partial charge in [-0.2, -0.15) is 0 Å². The number of thiophene rings is 1. The summed E-state index contributed by atoms with van der Waals surface area (Å²) in [6.07, 6.45) is 0. The van der Waals surface area contributed by atoms with Crippen LogP contribution in [0.25, 0.3) is 0 Å². The fraction of sp³-hybridized carbons (Fsp3) is 0.231. The lowest BCUT2D eigenvalue weighted by molar-refractivity contribution is 0.561. The minimum absolute atomic E-state index is 0.123. The Labute approximate surface area is 127 Å². The molecular weight excluding hydrogens is 381 g/mol. The maximum atomic E-state index is 14.0. The molecule has 0 aliphatic carbocycles. The number of hydrogen-bond donors (Lipinski definition) is 1. The third-order valence-corrected chi connectivity index (χ3v) is 4.96. The molecule has 1 nitrogen and oxygen atoms in total. The van der Waals surface area contributed by atoms with Gasteiger partial charge in [0.05, 0.1) is 9.83 Å². The average molecular weight is 393 g/mol. The Morgan fingerprint density at radius 1 is 1.28 bits per heavy atom. The van der Waals surface area contributed by atoms with E-state index in [1.54, 1.807) is 17.4 Å². The van der Waals surface area contributed by atoms with Crippen molar-refractivity contribution >= 4 is 43.2 Å². The van der Waals surface area contributed by atoms with E-state index in [1.807, 2.05) is 25.1 Å². The number of halogens is 3. The van der Waals surface area contributed by atoms with Gasteiger partial charge < -0.3 is 5.32 Å². The van der Waals surface area contributed by atoms with E-state index in [9.17, 15) is 4.39 Å². The standard InChI is InChI=1S/C13H12Br2FNS/c1-2-17-13(10-6-7-11(15)18-10)12-8(14)4-3-5-9(12)16/h3-7,13,17H,2H2,1H3. The van der Waals surface area contributed by atoms with E-state index < -0.39 is 0 Å². The van der Waals surface area contributed by atoms with Crippen molar-refractivity contribution in [2.24, 2.45) is 0 Å². The molecule has 0 spiro atoms. The van der Waals surface area contributed by atoms with E-state index in [-0.39, 0.29) is 11.9 Å². The molecule has 1 heterocycles. The molecule has 1 aromatic heterocycles. The quantitative estimate of drug-likeness (QED) is 0.762. The smallest absolute Gasteiger partial charge is 0.129 e.